The standard InChI is InChI=1S/C18H13BrN4/c19-17-13(7-6-12-4-3-9-22-18(12)17)16(15-10-20-11-23-15)14-5-1-2-8-21-14/h1-11,16H,(H,20,23). The van der Waals surface area contributed by atoms with Crippen LogP contribution in [0.15, 0.2) is 71.9 Å². The van der Waals surface area contributed by atoms with E-state index >= 15 is 0 Å². The summed E-state index contributed by atoms with van der Waals surface area (Å²) in [6, 6.07) is 14.2. The minimum Gasteiger partial charge on any atom is -0.348 e. The van der Waals surface area contributed by atoms with Gasteiger partial charge in [-0.25, -0.2) is 4.98 Å². The first-order valence-corrected chi connectivity index (χ1v) is 8.06. The van der Waals surface area contributed by atoms with Crippen molar-refractivity contribution < 1.29 is 0 Å². The summed E-state index contributed by atoms with van der Waals surface area (Å²) < 4.78 is 0.987. The van der Waals surface area contributed by atoms with Gasteiger partial charge >= 0.3 is 0 Å². The fraction of sp³-hybridized carbons (Fsp3) is 0.0556. The third-order valence-corrected chi connectivity index (χ3v) is 4.70. The van der Waals surface area contributed by atoms with E-state index in [1.54, 1.807) is 6.33 Å². The van der Waals surface area contributed by atoms with Gasteiger partial charge in [0.2, 0.25) is 0 Å². The number of aromatic amines is 1. The van der Waals surface area contributed by atoms with E-state index in [1.165, 1.54) is 0 Å². The molecule has 4 nitrogen and oxygen atoms in total. The molecule has 0 radical (unpaired) electrons. The van der Waals surface area contributed by atoms with Crippen LogP contribution in [-0.4, -0.2) is 19.9 Å². The number of imidazole rings is 1. The predicted molar refractivity (Wildman–Crippen MR) is 93.2 cm³/mol. The number of hydrogen-bond acceptors (Lipinski definition) is 3. The highest BCUT2D eigenvalue weighted by Gasteiger charge is 2.22. The van der Waals surface area contributed by atoms with E-state index < -0.39 is 0 Å². The minimum absolute atomic E-state index is 0.0283. The van der Waals surface area contributed by atoms with Gasteiger partial charge in [0.15, 0.2) is 0 Å². The van der Waals surface area contributed by atoms with Crippen molar-refractivity contribution in [3.63, 3.8) is 0 Å². The number of rotatable bonds is 3. The first-order valence-electron chi connectivity index (χ1n) is 7.27. The molecule has 3 heterocycles. The molecule has 23 heavy (non-hydrogen) atoms. The smallest absolute Gasteiger partial charge is 0.0922 e. The Morgan fingerprint density at radius 1 is 0.957 bits per heavy atom. The Labute approximate surface area is 141 Å². The summed E-state index contributed by atoms with van der Waals surface area (Å²) >= 11 is 3.74. The molecular weight excluding hydrogens is 352 g/mol. The number of nitrogens with one attached hydrogen (secondary N) is 1. The Morgan fingerprint density at radius 3 is 2.65 bits per heavy atom. The minimum atomic E-state index is -0.0283. The Hall–Kier alpha value is -2.53. The lowest BCUT2D eigenvalue weighted by atomic mass is 9.91. The van der Waals surface area contributed by atoms with Crippen LogP contribution in [0, 0.1) is 0 Å². The van der Waals surface area contributed by atoms with Crippen LogP contribution in [0.2, 0.25) is 0 Å². The molecule has 1 aromatic carbocycles. The van der Waals surface area contributed by atoms with Crippen LogP contribution in [-0.2, 0) is 0 Å². The molecule has 3 aromatic heterocycles. The molecule has 0 amide bonds. The van der Waals surface area contributed by atoms with E-state index in [0.717, 1.165) is 32.3 Å². The highest BCUT2D eigenvalue weighted by atomic mass is 79.9. The number of H-pyrrole nitrogens is 1. The van der Waals surface area contributed by atoms with E-state index in [1.807, 2.05) is 42.9 Å². The van der Waals surface area contributed by atoms with Crippen molar-refractivity contribution in [1.29, 1.82) is 0 Å². The quantitative estimate of drug-likeness (QED) is 0.589. The lowest BCUT2D eigenvalue weighted by molar-refractivity contribution is 0.882. The summed E-state index contributed by atoms with van der Waals surface area (Å²) in [5.41, 5.74) is 4.03. The maximum atomic E-state index is 4.54. The lowest BCUT2D eigenvalue weighted by Gasteiger charge is -2.18. The van der Waals surface area contributed by atoms with Crippen molar-refractivity contribution >= 4 is 26.8 Å². The molecule has 112 valence electrons. The second kappa shape index (κ2) is 5.93. The van der Waals surface area contributed by atoms with E-state index in [0.29, 0.717) is 0 Å². The highest BCUT2D eigenvalue weighted by Crippen LogP contribution is 2.37. The van der Waals surface area contributed by atoms with Crippen LogP contribution in [0.5, 0.6) is 0 Å². The molecule has 4 rings (SSSR count). The molecule has 0 aliphatic heterocycles. The molecule has 1 unspecified atom stereocenters. The molecule has 0 aliphatic rings. The Kier molecular flexibility index (Phi) is 3.63. The Bertz CT molecular complexity index is 936. The van der Waals surface area contributed by atoms with Crippen LogP contribution in [0.25, 0.3) is 10.9 Å². The summed E-state index contributed by atoms with van der Waals surface area (Å²) in [4.78, 5) is 16.4. The molecule has 5 heteroatoms. The number of hydrogen-bond donors (Lipinski definition) is 1. The largest absolute Gasteiger partial charge is 0.348 e. The molecule has 0 bridgehead atoms. The zero-order chi connectivity index (χ0) is 15.6. The summed E-state index contributed by atoms with van der Waals surface area (Å²) in [5.74, 6) is -0.0283. The third kappa shape index (κ3) is 2.53. The second-order valence-corrected chi connectivity index (χ2v) is 6.03. The molecule has 1 N–H and O–H groups in total. The average Bonchev–Trinajstić information content (AvgIpc) is 3.13. The van der Waals surface area contributed by atoms with Crippen LogP contribution in [0.1, 0.15) is 22.9 Å². The molecule has 0 spiro atoms. The number of fused-ring (bicyclic) bond motifs is 1. The van der Waals surface area contributed by atoms with Gasteiger partial charge < -0.3 is 4.98 Å². The molecule has 4 aromatic rings. The molecule has 0 saturated heterocycles. The zero-order valence-corrected chi connectivity index (χ0v) is 13.7. The van der Waals surface area contributed by atoms with Crippen LogP contribution in [0.3, 0.4) is 0 Å². The van der Waals surface area contributed by atoms with Gasteiger partial charge in [0.1, 0.15) is 0 Å². The van der Waals surface area contributed by atoms with Gasteiger partial charge in [0.25, 0.3) is 0 Å². The van der Waals surface area contributed by atoms with Crippen molar-refractivity contribution in [2.24, 2.45) is 0 Å². The van der Waals surface area contributed by atoms with Gasteiger partial charge in [-0.15, -0.1) is 0 Å². The Balaban J connectivity index is 1.96. The molecule has 1 atom stereocenters. The summed E-state index contributed by atoms with van der Waals surface area (Å²) in [6.45, 7) is 0. The zero-order valence-electron chi connectivity index (χ0n) is 12.1. The average molecular weight is 365 g/mol. The summed E-state index contributed by atoms with van der Waals surface area (Å²) in [6.07, 6.45) is 7.15. The number of halogens is 1. The first-order chi connectivity index (χ1) is 11.3. The monoisotopic (exact) mass is 364 g/mol. The van der Waals surface area contributed by atoms with Gasteiger partial charge in [-0.2, -0.15) is 0 Å². The van der Waals surface area contributed by atoms with Crippen LogP contribution in [0.4, 0.5) is 0 Å². The van der Waals surface area contributed by atoms with Gasteiger partial charge in [0, 0.05) is 34.1 Å². The number of nitrogens with zero attached hydrogens (tertiary/aromatic N) is 3. The number of aromatic nitrogens is 4. The number of benzene rings is 1. The van der Waals surface area contributed by atoms with Crippen molar-refractivity contribution in [2.45, 2.75) is 5.92 Å². The Morgan fingerprint density at radius 2 is 1.87 bits per heavy atom. The molecule has 0 saturated carbocycles. The molecular formula is C18H13BrN4. The van der Waals surface area contributed by atoms with E-state index in [4.69, 9.17) is 0 Å². The fourth-order valence-corrected chi connectivity index (χ4v) is 3.50. The highest BCUT2D eigenvalue weighted by molar-refractivity contribution is 9.10. The van der Waals surface area contributed by atoms with Gasteiger partial charge in [-0.3, -0.25) is 9.97 Å². The van der Waals surface area contributed by atoms with Gasteiger partial charge in [-0.05, 0) is 39.7 Å². The van der Waals surface area contributed by atoms with Gasteiger partial charge in [-0.1, -0.05) is 24.3 Å². The first kappa shape index (κ1) is 14.1. The molecule has 0 aliphatic carbocycles. The van der Waals surface area contributed by atoms with Gasteiger partial charge in [0.05, 0.1) is 23.5 Å². The number of pyridine rings is 2. The maximum absolute atomic E-state index is 4.54. The van der Waals surface area contributed by atoms with Crippen molar-refractivity contribution in [3.05, 3.63) is 88.8 Å². The topological polar surface area (TPSA) is 54.5 Å². The normalized spacial score (nSPS) is 12.4. The predicted octanol–water partition coefficient (Wildman–Crippen LogP) is 4.30. The fourth-order valence-electron chi connectivity index (χ4n) is 2.81. The third-order valence-electron chi connectivity index (χ3n) is 3.87. The van der Waals surface area contributed by atoms with Crippen molar-refractivity contribution in [1.82, 2.24) is 19.9 Å². The SMILES string of the molecule is Brc1c(C(c2ccccn2)c2cnc[nH]2)ccc2cccnc12. The van der Waals surface area contributed by atoms with Crippen LogP contribution >= 0.6 is 15.9 Å². The van der Waals surface area contributed by atoms with Crippen molar-refractivity contribution in [2.75, 3.05) is 0 Å². The lowest BCUT2D eigenvalue weighted by Crippen LogP contribution is -2.07. The summed E-state index contributed by atoms with van der Waals surface area (Å²) in [5, 5.41) is 1.10. The maximum Gasteiger partial charge on any atom is 0.0922 e. The molecule has 0 fully saturated rings. The second-order valence-electron chi connectivity index (χ2n) is 5.24. The van der Waals surface area contributed by atoms with E-state index in [-0.39, 0.29) is 5.92 Å². The summed E-state index contributed by atoms with van der Waals surface area (Å²) in [7, 11) is 0. The van der Waals surface area contributed by atoms with Crippen LogP contribution < -0.4 is 0 Å². The van der Waals surface area contributed by atoms with E-state index in [2.05, 4.69) is 54.1 Å². The van der Waals surface area contributed by atoms with E-state index in [9.17, 15) is 0 Å². The van der Waals surface area contributed by atoms with Crippen molar-refractivity contribution in [3.8, 4) is 0 Å².